The molecule has 0 bridgehead atoms. The van der Waals surface area contributed by atoms with E-state index in [2.05, 4.69) is 36.8 Å². The lowest BCUT2D eigenvalue weighted by atomic mass is 10.1. The van der Waals surface area contributed by atoms with Crippen LogP contribution in [0.25, 0.3) is 0 Å². The second-order valence-electron chi connectivity index (χ2n) is 4.10. The predicted octanol–water partition coefficient (Wildman–Crippen LogP) is 2.05. The highest BCUT2D eigenvalue weighted by molar-refractivity contribution is 5.14. The van der Waals surface area contributed by atoms with Crippen LogP contribution in [-0.4, -0.2) is 16.5 Å². The van der Waals surface area contributed by atoms with Gasteiger partial charge in [-0.15, -0.1) is 0 Å². The van der Waals surface area contributed by atoms with Gasteiger partial charge in [0.2, 0.25) is 0 Å². The molecule has 0 aliphatic carbocycles. The summed E-state index contributed by atoms with van der Waals surface area (Å²) in [7, 11) is 0. The van der Waals surface area contributed by atoms with Crippen LogP contribution in [0.15, 0.2) is 6.07 Å². The molecule has 0 aliphatic rings. The summed E-state index contributed by atoms with van der Waals surface area (Å²) >= 11 is 0. The van der Waals surface area contributed by atoms with E-state index in [0.717, 1.165) is 36.5 Å². The Bertz CT molecular complexity index is 308. The lowest BCUT2D eigenvalue weighted by molar-refractivity contribution is 0.730. The quantitative estimate of drug-likeness (QED) is 0.804. The van der Waals surface area contributed by atoms with Gasteiger partial charge in [-0.05, 0) is 31.4 Å². The first-order valence-electron chi connectivity index (χ1n) is 5.74. The van der Waals surface area contributed by atoms with E-state index < -0.39 is 0 Å². The van der Waals surface area contributed by atoms with Gasteiger partial charge in [-0.2, -0.15) is 0 Å². The smallest absolute Gasteiger partial charge is 0.128 e. The first-order valence-corrected chi connectivity index (χ1v) is 5.74. The third kappa shape index (κ3) is 3.59. The lowest BCUT2D eigenvalue weighted by Gasteiger charge is -2.09. The second kappa shape index (κ2) is 5.81. The Morgan fingerprint density at radius 1 is 1.33 bits per heavy atom. The largest absolute Gasteiger partial charge is 0.330 e. The fourth-order valence-corrected chi connectivity index (χ4v) is 1.42. The highest BCUT2D eigenvalue weighted by atomic mass is 14.9. The van der Waals surface area contributed by atoms with Crippen LogP contribution in [0, 0.1) is 0 Å². The Kier molecular flexibility index (Phi) is 4.69. The Hall–Kier alpha value is -0.960. The molecule has 0 saturated carbocycles. The van der Waals surface area contributed by atoms with Gasteiger partial charge in [-0.1, -0.05) is 20.8 Å². The Balaban J connectivity index is 2.90. The molecule has 0 atom stereocenters. The third-order valence-corrected chi connectivity index (χ3v) is 2.40. The zero-order valence-electron chi connectivity index (χ0n) is 9.95. The molecule has 0 amide bonds. The Labute approximate surface area is 92.1 Å². The molecular weight excluding hydrogens is 186 g/mol. The number of aryl methyl sites for hydroxylation is 2. The molecule has 0 aromatic carbocycles. The molecule has 1 rings (SSSR count). The summed E-state index contributed by atoms with van der Waals surface area (Å²) in [5, 5.41) is 0. The molecule has 0 aliphatic heterocycles. The maximum Gasteiger partial charge on any atom is 0.128 e. The van der Waals surface area contributed by atoms with E-state index in [-0.39, 0.29) is 0 Å². The van der Waals surface area contributed by atoms with Gasteiger partial charge in [0.25, 0.3) is 0 Å². The van der Waals surface area contributed by atoms with Gasteiger partial charge < -0.3 is 5.73 Å². The number of nitrogens with two attached hydrogens (primary N) is 1. The van der Waals surface area contributed by atoms with E-state index in [1.54, 1.807) is 0 Å². The van der Waals surface area contributed by atoms with Crippen LogP contribution in [0.4, 0.5) is 0 Å². The van der Waals surface area contributed by atoms with E-state index in [1.165, 1.54) is 0 Å². The van der Waals surface area contributed by atoms with Crippen LogP contribution < -0.4 is 5.73 Å². The van der Waals surface area contributed by atoms with E-state index in [9.17, 15) is 0 Å². The van der Waals surface area contributed by atoms with Crippen molar-refractivity contribution < 1.29 is 0 Å². The minimum atomic E-state index is 0.468. The topological polar surface area (TPSA) is 51.8 Å². The van der Waals surface area contributed by atoms with Crippen molar-refractivity contribution in [1.29, 1.82) is 0 Å². The molecule has 84 valence electrons. The van der Waals surface area contributed by atoms with Crippen molar-refractivity contribution in [1.82, 2.24) is 9.97 Å². The zero-order valence-corrected chi connectivity index (χ0v) is 9.95. The second-order valence-corrected chi connectivity index (χ2v) is 4.10. The van der Waals surface area contributed by atoms with Gasteiger partial charge in [-0.25, -0.2) is 9.97 Å². The van der Waals surface area contributed by atoms with Crippen molar-refractivity contribution >= 4 is 0 Å². The van der Waals surface area contributed by atoms with Gasteiger partial charge in [0, 0.05) is 17.8 Å². The molecular formula is C12H21N3. The van der Waals surface area contributed by atoms with Crippen LogP contribution in [0.5, 0.6) is 0 Å². The molecule has 3 nitrogen and oxygen atoms in total. The highest BCUT2D eigenvalue weighted by Gasteiger charge is 2.06. The van der Waals surface area contributed by atoms with E-state index in [4.69, 9.17) is 5.73 Å². The van der Waals surface area contributed by atoms with Crippen LogP contribution in [0.2, 0.25) is 0 Å². The monoisotopic (exact) mass is 207 g/mol. The van der Waals surface area contributed by atoms with Crippen molar-refractivity contribution in [2.75, 3.05) is 6.54 Å². The molecule has 0 spiro atoms. The molecule has 0 radical (unpaired) electrons. The van der Waals surface area contributed by atoms with Gasteiger partial charge in [-0.3, -0.25) is 0 Å². The van der Waals surface area contributed by atoms with Crippen LogP contribution >= 0.6 is 0 Å². The molecule has 1 aromatic heterocycles. The standard InChI is InChI=1S/C12H21N3/c1-4-10-8-11(9(2)3)15-12(14-10)6-5-7-13/h8-9H,4-7,13H2,1-3H3. The van der Waals surface area contributed by atoms with E-state index in [1.807, 2.05) is 0 Å². The number of aromatic nitrogens is 2. The average molecular weight is 207 g/mol. The number of rotatable bonds is 5. The summed E-state index contributed by atoms with van der Waals surface area (Å²) in [6.07, 6.45) is 2.83. The van der Waals surface area contributed by atoms with E-state index in [0.29, 0.717) is 12.5 Å². The Morgan fingerprint density at radius 2 is 2.07 bits per heavy atom. The zero-order chi connectivity index (χ0) is 11.3. The lowest BCUT2D eigenvalue weighted by Crippen LogP contribution is -2.07. The third-order valence-electron chi connectivity index (χ3n) is 2.40. The van der Waals surface area contributed by atoms with Gasteiger partial charge in [0.05, 0.1) is 0 Å². The number of hydrogen-bond acceptors (Lipinski definition) is 3. The minimum absolute atomic E-state index is 0.468. The van der Waals surface area contributed by atoms with Crippen LogP contribution in [0.3, 0.4) is 0 Å². The molecule has 1 aromatic rings. The fraction of sp³-hybridized carbons (Fsp3) is 0.667. The molecule has 0 unspecified atom stereocenters. The summed E-state index contributed by atoms with van der Waals surface area (Å²) in [6, 6.07) is 2.11. The fourth-order valence-electron chi connectivity index (χ4n) is 1.42. The number of nitrogens with zero attached hydrogens (tertiary/aromatic N) is 2. The first kappa shape index (κ1) is 12.1. The maximum atomic E-state index is 5.49. The van der Waals surface area contributed by atoms with Gasteiger partial charge >= 0.3 is 0 Å². The molecule has 1 heterocycles. The molecule has 0 fully saturated rings. The molecule has 3 heteroatoms. The molecule has 15 heavy (non-hydrogen) atoms. The van der Waals surface area contributed by atoms with E-state index >= 15 is 0 Å². The maximum absolute atomic E-state index is 5.49. The summed E-state index contributed by atoms with van der Waals surface area (Å²) < 4.78 is 0. The Morgan fingerprint density at radius 3 is 2.60 bits per heavy atom. The van der Waals surface area contributed by atoms with Gasteiger partial charge in [0.1, 0.15) is 5.82 Å². The SMILES string of the molecule is CCc1cc(C(C)C)nc(CCCN)n1. The van der Waals surface area contributed by atoms with Crippen molar-refractivity contribution in [3.8, 4) is 0 Å². The van der Waals surface area contributed by atoms with Crippen molar-refractivity contribution in [3.63, 3.8) is 0 Å². The summed E-state index contributed by atoms with van der Waals surface area (Å²) in [6.45, 7) is 7.15. The van der Waals surface area contributed by atoms with Crippen molar-refractivity contribution in [2.24, 2.45) is 5.73 Å². The molecule has 2 N–H and O–H groups in total. The summed E-state index contributed by atoms with van der Waals surface area (Å²) in [4.78, 5) is 9.06. The van der Waals surface area contributed by atoms with Gasteiger partial charge in [0.15, 0.2) is 0 Å². The number of hydrogen-bond donors (Lipinski definition) is 1. The minimum Gasteiger partial charge on any atom is -0.330 e. The van der Waals surface area contributed by atoms with Crippen molar-refractivity contribution in [2.45, 2.75) is 46.0 Å². The average Bonchev–Trinajstić information content (AvgIpc) is 2.25. The van der Waals surface area contributed by atoms with Crippen molar-refractivity contribution in [3.05, 3.63) is 23.3 Å². The van der Waals surface area contributed by atoms with Crippen LogP contribution in [0.1, 0.15) is 50.3 Å². The highest BCUT2D eigenvalue weighted by Crippen LogP contribution is 2.13. The van der Waals surface area contributed by atoms with Crippen LogP contribution in [-0.2, 0) is 12.8 Å². The molecule has 0 saturated heterocycles. The first-order chi connectivity index (χ1) is 7.17. The summed E-state index contributed by atoms with van der Waals surface area (Å²) in [5.74, 6) is 1.42. The predicted molar refractivity (Wildman–Crippen MR) is 62.9 cm³/mol. The normalized spacial score (nSPS) is 11.0. The summed E-state index contributed by atoms with van der Waals surface area (Å²) in [5.41, 5.74) is 7.78.